The smallest absolute Gasteiger partial charge is 0.390 e. The molecule has 2 aliphatic heterocycles. The van der Waals surface area contributed by atoms with E-state index < -0.39 is 4.92 Å². The van der Waals surface area contributed by atoms with Gasteiger partial charge in [0.1, 0.15) is 18.5 Å². The SMILES string of the molecule is O=[N+]([O-])c1nccn1CC(CN1CCCCC1CCF)OC1CCCCO1. The van der Waals surface area contributed by atoms with Crippen LogP contribution in [-0.4, -0.2) is 64.2 Å². The van der Waals surface area contributed by atoms with Gasteiger partial charge in [0.2, 0.25) is 0 Å². The first-order chi connectivity index (χ1) is 13.2. The number of alkyl halides is 1. The molecule has 1 aromatic rings. The molecule has 0 radical (unpaired) electrons. The van der Waals surface area contributed by atoms with Crippen LogP contribution in [0, 0.1) is 10.1 Å². The summed E-state index contributed by atoms with van der Waals surface area (Å²) < 4.78 is 26.4. The Kier molecular flexibility index (Phi) is 7.54. The number of imidazole rings is 1. The summed E-state index contributed by atoms with van der Waals surface area (Å²) in [6.07, 6.45) is 9.10. The minimum atomic E-state index is -0.485. The quantitative estimate of drug-likeness (QED) is 0.481. The lowest BCUT2D eigenvalue weighted by Gasteiger charge is -2.38. The van der Waals surface area contributed by atoms with Gasteiger partial charge in [-0.15, -0.1) is 0 Å². The van der Waals surface area contributed by atoms with Crippen molar-refractivity contribution in [3.05, 3.63) is 22.5 Å². The van der Waals surface area contributed by atoms with E-state index in [1.165, 1.54) is 10.8 Å². The van der Waals surface area contributed by atoms with Gasteiger partial charge in [-0.2, -0.15) is 0 Å². The van der Waals surface area contributed by atoms with E-state index in [0.29, 0.717) is 26.1 Å². The molecule has 3 rings (SSSR count). The molecule has 152 valence electrons. The number of hydrogen-bond acceptors (Lipinski definition) is 6. The van der Waals surface area contributed by atoms with Crippen molar-refractivity contribution in [1.82, 2.24) is 14.5 Å². The molecule has 1 aromatic heterocycles. The second-order valence-corrected chi connectivity index (χ2v) is 7.31. The number of piperidine rings is 1. The van der Waals surface area contributed by atoms with E-state index in [1.54, 1.807) is 6.20 Å². The van der Waals surface area contributed by atoms with Gasteiger partial charge in [0.25, 0.3) is 0 Å². The van der Waals surface area contributed by atoms with Crippen LogP contribution in [0.3, 0.4) is 0 Å². The number of likely N-dealkylation sites (tertiary alicyclic amines) is 1. The summed E-state index contributed by atoms with van der Waals surface area (Å²) in [7, 11) is 0. The molecule has 2 aliphatic rings. The van der Waals surface area contributed by atoms with Crippen molar-refractivity contribution in [3.8, 4) is 0 Å². The molecule has 0 saturated carbocycles. The highest BCUT2D eigenvalue weighted by atomic mass is 19.1. The highest BCUT2D eigenvalue weighted by Crippen LogP contribution is 2.23. The summed E-state index contributed by atoms with van der Waals surface area (Å²) in [6.45, 7) is 2.19. The third-order valence-corrected chi connectivity index (χ3v) is 5.37. The number of nitro groups is 1. The van der Waals surface area contributed by atoms with Gasteiger partial charge in [-0.25, -0.2) is 4.57 Å². The Hall–Kier alpha value is -1.58. The predicted octanol–water partition coefficient (Wildman–Crippen LogP) is 2.92. The molecule has 3 atom stereocenters. The molecule has 0 aliphatic carbocycles. The van der Waals surface area contributed by atoms with Gasteiger partial charge in [-0.3, -0.25) is 9.29 Å². The molecule has 0 N–H and O–H groups in total. The van der Waals surface area contributed by atoms with E-state index in [1.807, 2.05) is 0 Å². The molecule has 3 unspecified atom stereocenters. The highest BCUT2D eigenvalue weighted by molar-refractivity contribution is 5.06. The number of halogens is 1. The number of rotatable bonds is 9. The molecule has 0 spiro atoms. The number of ether oxygens (including phenoxy) is 2. The van der Waals surface area contributed by atoms with Crippen molar-refractivity contribution in [3.63, 3.8) is 0 Å². The minimum absolute atomic E-state index is 0.188. The van der Waals surface area contributed by atoms with E-state index in [0.717, 1.165) is 45.1 Å². The van der Waals surface area contributed by atoms with Crippen molar-refractivity contribution in [2.75, 3.05) is 26.4 Å². The fraction of sp³-hybridized carbons (Fsp3) is 0.833. The van der Waals surface area contributed by atoms with Crippen LogP contribution >= 0.6 is 0 Å². The van der Waals surface area contributed by atoms with Gasteiger partial charge in [-0.05, 0) is 50.0 Å². The molecular formula is C18H29FN4O4. The molecule has 8 nitrogen and oxygen atoms in total. The topological polar surface area (TPSA) is 82.7 Å². The van der Waals surface area contributed by atoms with Crippen LogP contribution in [0.15, 0.2) is 12.4 Å². The second kappa shape index (κ2) is 10.1. The molecule has 2 fully saturated rings. The largest absolute Gasteiger partial charge is 0.434 e. The van der Waals surface area contributed by atoms with E-state index in [9.17, 15) is 14.5 Å². The Balaban J connectivity index is 1.69. The van der Waals surface area contributed by atoms with Crippen molar-refractivity contribution < 1.29 is 18.8 Å². The summed E-state index contributed by atoms with van der Waals surface area (Å²) >= 11 is 0. The Morgan fingerprint density at radius 2 is 2.19 bits per heavy atom. The van der Waals surface area contributed by atoms with Gasteiger partial charge >= 0.3 is 5.95 Å². The Labute approximate surface area is 158 Å². The number of nitrogens with zero attached hydrogens (tertiary/aromatic N) is 4. The van der Waals surface area contributed by atoms with Crippen LogP contribution in [0.4, 0.5) is 10.3 Å². The standard InChI is InChI=1S/C18H29FN4O4/c19-8-7-15-5-1-3-10-21(15)13-16(27-17-6-2-4-12-26-17)14-22-11-9-20-18(22)23(24)25/h9,11,15-17H,1-8,10,12-14H2. The highest BCUT2D eigenvalue weighted by Gasteiger charge is 2.29. The average molecular weight is 384 g/mol. The third kappa shape index (κ3) is 5.70. The molecule has 0 bridgehead atoms. The first kappa shape index (κ1) is 20.2. The normalized spacial score (nSPS) is 25.4. The summed E-state index contributed by atoms with van der Waals surface area (Å²) in [5, 5.41) is 11.2. The number of aromatic nitrogens is 2. The predicted molar refractivity (Wildman–Crippen MR) is 97.1 cm³/mol. The molecule has 3 heterocycles. The van der Waals surface area contributed by atoms with Crippen molar-refractivity contribution in [2.45, 2.75) is 69.9 Å². The molecule has 0 aromatic carbocycles. The van der Waals surface area contributed by atoms with Crippen molar-refractivity contribution >= 4 is 5.95 Å². The molecule has 27 heavy (non-hydrogen) atoms. The second-order valence-electron chi connectivity index (χ2n) is 7.31. The maximum atomic E-state index is 12.9. The lowest BCUT2D eigenvalue weighted by molar-refractivity contribution is -0.397. The summed E-state index contributed by atoms with van der Waals surface area (Å²) in [5.41, 5.74) is 0. The van der Waals surface area contributed by atoms with Gasteiger partial charge in [-0.1, -0.05) is 11.4 Å². The Morgan fingerprint density at radius 1 is 1.33 bits per heavy atom. The molecule has 0 amide bonds. The summed E-state index contributed by atoms with van der Waals surface area (Å²) in [6, 6.07) is 0.208. The maximum absolute atomic E-state index is 12.9. The minimum Gasteiger partial charge on any atom is -0.390 e. The van der Waals surface area contributed by atoms with Crippen LogP contribution in [0.2, 0.25) is 0 Å². The van der Waals surface area contributed by atoms with E-state index in [-0.39, 0.29) is 31.1 Å². The van der Waals surface area contributed by atoms with E-state index in [2.05, 4.69) is 9.88 Å². The first-order valence-electron chi connectivity index (χ1n) is 9.90. The lowest BCUT2D eigenvalue weighted by Crippen LogP contribution is -2.46. The first-order valence-corrected chi connectivity index (χ1v) is 9.90. The maximum Gasteiger partial charge on any atom is 0.434 e. The van der Waals surface area contributed by atoms with Crippen molar-refractivity contribution in [1.29, 1.82) is 0 Å². The zero-order chi connectivity index (χ0) is 19.1. The molecular weight excluding hydrogens is 355 g/mol. The fourth-order valence-electron chi connectivity index (χ4n) is 4.03. The molecule has 9 heteroatoms. The zero-order valence-electron chi connectivity index (χ0n) is 15.7. The van der Waals surface area contributed by atoms with Crippen molar-refractivity contribution in [2.24, 2.45) is 0 Å². The van der Waals surface area contributed by atoms with Crippen LogP contribution < -0.4 is 0 Å². The Bertz CT molecular complexity index is 592. The average Bonchev–Trinajstić information content (AvgIpc) is 3.13. The van der Waals surface area contributed by atoms with Gasteiger partial charge in [0, 0.05) is 19.2 Å². The van der Waals surface area contributed by atoms with Gasteiger partial charge in [0.15, 0.2) is 6.29 Å². The Morgan fingerprint density at radius 3 is 2.93 bits per heavy atom. The fourth-order valence-corrected chi connectivity index (χ4v) is 4.03. The van der Waals surface area contributed by atoms with Crippen LogP contribution in [0.25, 0.3) is 0 Å². The number of hydrogen-bond donors (Lipinski definition) is 0. The summed E-state index contributed by atoms with van der Waals surface area (Å²) in [4.78, 5) is 16.8. The van der Waals surface area contributed by atoms with Crippen LogP contribution in [0.1, 0.15) is 44.9 Å². The molecule has 2 saturated heterocycles. The summed E-state index contributed by atoms with van der Waals surface area (Å²) in [5.74, 6) is -0.188. The van der Waals surface area contributed by atoms with Gasteiger partial charge < -0.3 is 19.6 Å². The van der Waals surface area contributed by atoms with E-state index in [4.69, 9.17) is 9.47 Å². The van der Waals surface area contributed by atoms with E-state index >= 15 is 0 Å². The van der Waals surface area contributed by atoms with Crippen LogP contribution in [-0.2, 0) is 16.0 Å². The van der Waals surface area contributed by atoms with Gasteiger partial charge in [0.05, 0.1) is 13.2 Å². The third-order valence-electron chi connectivity index (χ3n) is 5.37. The zero-order valence-corrected chi connectivity index (χ0v) is 15.7. The lowest BCUT2D eigenvalue weighted by atomic mass is 9.99. The van der Waals surface area contributed by atoms with Crippen LogP contribution in [0.5, 0.6) is 0 Å². The monoisotopic (exact) mass is 384 g/mol.